The van der Waals surface area contributed by atoms with E-state index < -0.39 is 5.97 Å². The van der Waals surface area contributed by atoms with Crippen molar-refractivity contribution >= 4 is 11.9 Å². The third kappa shape index (κ3) is 3.60. The molecule has 1 amide bonds. The molecule has 0 unspecified atom stereocenters. The zero-order valence-electron chi connectivity index (χ0n) is 14.6. The van der Waals surface area contributed by atoms with Crippen molar-refractivity contribution in [2.75, 3.05) is 20.2 Å². The van der Waals surface area contributed by atoms with Crippen molar-refractivity contribution in [2.45, 2.75) is 12.8 Å². The number of nitriles is 1. The number of esters is 1. The van der Waals surface area contributed by atoms with Gasteiger partial charge in [-0.1, -0.05) is 30.3 Å². The van der Waals surface area contributed by atoms with Gasteiger partial charge in [0.15, 0.2) is 0 Å². The van der Waals surface area contributed by atoms with E-state index in [9.17, 15) is 9.59 Å². The second-order valence-corrected chi connectivity index (χ2v) is 6.33. The van der Waals surface area contributed by atoms with E-state index in [-0.39, 0.29) is 11.8 Å². The van der Waals surface area contributed by atoms with Crippen LogP contribution in [0.15, 0.2) is 48.5 Å². The number of likely N-dealkylation sites (tertiary alicyclic amines) is 1. The molecule has 0 aromatic heterocycles. The summed E-state index contributed by atoms with van der Waals surface area (Å²) < 4.78 is 4.83. The van der Waals surface area contributed by atoms with Crippen molar-refractivity contribution in [1.82, 2.24) is 4.90 Å². The molecule has 0 N–H and O–H groups in total. The van der Waals surface area contributed by atoms with Crippen LogP contribution >= 0.6 is 0 Å². The Morgan fingerprint density at radius 2 is 1.88 bits per heavy atom. The van der Waals surface area contributed by atoms with Crippen LogP contribution in [0.2, 0.25) is 0 Å². The highest BCUT2D eigenvalue weighted by Gasteiger charge is 2.24. The number of rotatable bonds is 3. The van der Waals surface area contributed by atoms with Gasteiger partial charge >= 0.3 is 5.97 Å². The predicted molar refractivity (Wildman–Crippen MR) is 97.5 cm³/mol. The Morgan fingerprint density at radius 3 is 2.58 bits per heavy atom. The SMILES string of the molecule is COC(=O)c1ccccc1-c1ccc(C(=O)N2CCC[C@H](C#N)C2)cc1. The third-order valence-corrected chi connectivity index (χ3v) is 4.67. The first kappa shape index (κ1) is 17.7. The van der Waals surface area contributed by atoms with Crippen molar-refractivity contribution in [1.29, 1.82) is 5.26 Å². The second kappa shape index (κ2) is 7.83. The minimum Gasteiger partial charge on any atom is -0.465 e. The molecule has 1 aliphatic rings. The van der Waals surface area contributed by atoms with E-state index in [4.69, 9.17) is 10.00 Å². The van der Waals surface area contributed by atoms with E-state index in [0.29, 0.717) is 24.2 Å². The summed E-state index contributed by atoms with van der Waals surface area (Å²) in [5.41, 5.74) is 2.68. The number of ether oxygens (including phenoxy) is 1. The van der Waals surface area contributed by atoms with Crippen LogP contribution in [0.1, 0.15) is 33.6 Å². The lowest BCUT2D eigenvalue weighted by Gasteiger charge is -2.29. The van der Waals surface area contributed by atoms with Crippen molar-refractivity contribution in [3.63, 3.8) is 0 Å². The highest BCUT2D eigenvalue weighted by Crippen LogP contribution is 2.25. The predicted octanol–water partition coefficient (Wildman–Crippen LogP) is 3.52. The smallest absolute Gasteiger partial charge is 0.338 e. The Hall–Kier alpha value is -3.13. The lowest BCUT2D eigenvalue weighted by atomic mass is 9.97. The molecule has 2 aromatic rings. The molecule has 0 bridgehead atoms. The third-order valence-electron chi connectivity index (χ3n) is 4.67. The summed E-state index contributed by atoms with van der Waals surface area (Å²) >= 11 is 0. The topological polar surface area (TPSA) is 70.4 Å². The Bertz CT molecular complexity index is 852. The van der Waals surface area contributed by atoms with Crippen LogP contribution < -0.4 is 0 Å². The van der Waals surface area contributed by atoms with Gasteiger partial charge in [-0.2, -0.15) is 5.26 Å². The van der Waals surface area contributed by atoms with E-state index in [1.807, 2.05) is 24.3 Å². The van der Waals surface area contributed by atoms with Gasteiger partial charge in [-0.3, -0.25) is 4.79 Å². The molecule has 26 heavy (non-hydrogen) atoms. The molecule has 0 radical (unpaired) electrons. The number of nitrogens with zero attached hydrogens (tertiary/aromatic N) is 2. The van der Waals surface area contributed by atoms with E-state index in [1.165, 1.54) is 7.11 Å². The molecule has 1 fully saturated rings. The number of amides is 1. The molecule has 5 nitrogen and oxygen atoms in total. The highest BCUT2D eigenvalue weighted by atomic mass is 16.5. The molecule has 132 valence electrons. The monoisotopic (exact) mass is 348 g/mol. The van der Waals surface area contributed by atoms with Gasteiger partial charge in [-0.25, -0.2) is 4.79 Å². The maximum atomic E-state index is 12.7. The molecular weight excluding hydrogens is 328 g/mol. The lowest BCUT2D eigenvalue weighted by Crippen LogP contribution is -2.39. The fourth-order valence-corrected chi connectivity index (χ4v) is 3.26. The minimum absolute atomic E-state index is 0.0576. The standard InChI is InChI=1S/C21H20N2O3/c1-26-21(25)19-7-3-2-6-18(19)16-8-10-17(11-9-16)20(24)23-12-4-5-15(13-22)14-23/h2-3,6-11,15H,4-5,12,14H2,1H3/t15-/m1/s1. The molecule has 1 aliphatic heterocycles. The van der Waals surface area contributed by atoms with Crippen molar-refractivity contribution < 1.29 is 14.3 Å². The number of methoxy groups -OCH3 is 1. The first-order valence-electron chi connectivity index (χ1n) is 8.60. The molecule has 1 heterocycles. The summed E-state index contributed by atoms with van der Waals surface area (Å²) in [7, 11) is 1.36. The Kier molecular flexibility index (Phi) is 5.33. The molecule has 0 spiro atoms. The van der Waals surface area contributed by atoms with Crippen LogP contribution in [0.5, 0.6) is 0 Å². The number of piperidine rings is 1. The highest BCUT2D eigenvalue weighted by molar-refractivity contribution is 5.98. The minimum atomic E-state index is -0.392. The molecule has 1 saturated heterocycles. The summed E-state index contributed by atoms with van der Waals surface area (Å²) in [4.78, 5) is 26.4. The number of hydrogen-bond donors (Lipinski definition) is 0. The molecule has 2 aromatic carbocycles. The van der Waals surface area contributed by atoms with Crippen LogP contribution in [0.25, 0.3) is 11.1 Å². The van der Waals surface area contributed by atoms with Crippen LogP contribution in [-0.4, -0.2) is 37.0 Å². The Labute approximate surface area is 152 Å². The quantitative estimate of drug-likeness (QED) is 0.796. The molecule has 0 saturated carbocycles. The van der Waals surface area contributed by atoms with Gasteiger partial charge in [0.25, 0.3) is 5.91 Å². The summed E-state index contributed by atoms with van der Waals surface area (Å²) in [5.74, 6) is -0.534. The summed E-state index contributed by atoms with van der Waals surface area (Å²) in [5, 5.41) is 9.09. The average Bonchev–Trinajstić information content (AvgIpc) is 2.72. The van der Waals surface area contributed by atoms with E-state index in [1.54, 1.807) is 29.2 Å². The zero-order valence-corrected chi connectivity index (χ0v) is 14.6. The fraction of sp³-hybridized carbons (Fsp3) is 0.286. The van der Waals surface area contributed by atoms with Crippen LogP contribution in [0.4, 0.5) is 0 Å². The van der Waals surface area contributed by atoms with Gasteiger partial charge in [0.1, 0.15) is 0 Å². The van der Waals surface area contributed by atoms with Gasteiger partial charge in [-0.15, -0.1) is 0 Å². The summed E-state index contributed by atoms with van der Waals surface area (Å²) in [6.45, 7) is 1.17. The maximum absolute atomic E-state index is 12.7. The molecular formula is C21H20N2O3. The van der Waals surface area contributed by atoms with E-state index in [2.05, 4.69) is 6.07 Å². The molecule has 3 rings (SSSR count). The Balaban J connectivity index is 1.82. The lowest BCUT2D eigenvalue weighted by molar-refractivity contribution is 0.0601. The van der Waals surface area contributed by atoms with Crippen LogP contribution in [-0.2, 0) is 4.74 Å². The van der Waals surface area contributed by atoms with Crippen molar-refractivity contribution in [3.8, 4) is 17.2 Å². The van der Waals surface area contributed by atoms with Gasteiger partial charge < -0.3 is 9.64 Å². The van der Waals surface area contributed by atoms with Crippen LogP contribution in [0.3, 0.4) is 0 Å². The number of carbonyl (C=O) groups excluding carboxylic acids is 2. The number of carbonyl (C=O) groups is 2. The molecule has 5 heteroatoms. The van der Waals surface area contributed by atoms with Gasteiger partial charge in [0, 0.05) is 18.7 Å². The van der Waals surface area contributed by atoms with Gasteiger partial charge in [-0.05, 0) is 42.2 Å². The van der Waals surface area contributed by atoms with Crippen molar-refractivity contribution in [2.24, 2.45) is 5.92 Å². The Morgan fingerprint density at radius 1 is 1.15 bits per heavy atom. The van der Waals surface area contributed by atoms with Gasteiger partial charge in [0.05, 0.1) is 24.7 Å². The summed E-state index contributed by atoms with van der Waals surface area (Å²) in [6, 6.07) is 16.7. The largest absolute Gasteiger partial charge is 0.465 e. The summed E-state index contributed by atoms with van der Waals surface area (Å²) in [6.07, 6.45) is 1.71. The zero-order chi connectivity index (χ0) is 18.5. The first-order valence-corrected chi connectivity index (χ1v) is 8.60. The van der Waals surface area contributed by atoms with E-state index in [0.717, 1.165) is 24.0 Å². The molecule has 0 aliphatic carbocycles. The normalized spacial score (nSPS) is 16.6. The number of hydrogen-bond acceptors (Lipinski definition) is 4. The van der Waals surface area contributed by atoms with Crippen molar-refractivity contribution in [3.05, 3.63) is 59.7 Å². The van der Waals surface area contributed by atoms with Gasteiger partial charge in [0.2, 0.25) is 0 Å². The maximum Gasteiger partial charge on any atom is 0.338 e. The van der Waals surface area contributed by atoms with Crippen LogP contribution in [0, 0.1) is 17.2 Å². The van der Waals surface area contributed by atoms with E-state index >= 15 is 0 Å². The fourth-order valence-electron chi connectivity index (χ4n) is 3.26. The average molecular weight is 348 g/mol. The first-order chi connectivity index (χ1) is 12.6. The number of benzene rings is 2. The second-order valence-electron chi connectivity index (χ2n) is 6.33. The molecule has 1 atom stereocenters.